The van der Waals surface area contributed by atoms with E-state index in [-0.39, 0.29) is 16.7 Å². The van der Waals surface area contributed by atoms with Gasteiger partial charge in [-0.1, -0.05) is 6.92 Å². The SMILES string of the molecule is CCCOc1cnc2ccc(=O)n(CCC34CCC(NC(=O)OC(C)(C)C)(CC3)CO4)c2c1. The van der Waals surface area contributed by atoms with Crippen molar-refractivity contribution in [1.82, 2.24) is 14.9 Å². The molecule has 1 aliphatic carbocycles. The number of ether oxygens (including phenoxy) is 3. The van der Waals surface area contributed by atoms with Gasteiger partial charge in [-0.15, -0.1) is 0 Å². The Labute approximate surface area is 194 Å². The largest absolute Gasteiger partial charge is 0.492 e. The van der Waals surface area contributed by atoms with Gasteiger partial charge in [0, 0.05) is 18.7 Å². The molecule has 2 aromatic heterocycles. The minimum Gasteiger partial charge on any atom is -0.492 e. The summed E-state index contributed by atoms with van der Waals surface area (Å²) in [5, 5.41) is 3.06. The van der Waals surface area contributed by atoms with Crippen LogP contribution in [0.5, 0.6) is 5.75 Å². The van der Waals surface area contributed by atoms with E-state index in [1.165, 1.54) is 0 Å². The average Bonchev–Trinajstić information content (AvgIpc) is 2.77. The number of aryl methyl sites for hydroxylation is 1. The number of pyridine rings is 2. The number of nitrogens with zero attached hydrogens (tertiary/aromatic N) is 2. The van der Waals surface area contributed by atoms with E-state index in [2.05, 4.69) is 17.2 Å². The summed E-state index contributed by atoms with van der Waals surface area (Å²) in [6.45, 7) is 9.25. The van der Waals surface area contributed by atoms with E-state index < -0.39 is 11.7 Å². The average molecular weight is 458 g/mol. The predicted molar refractivity (Wildman–Crippen MR) is 126 cm³/mol. The highest BCUT2D eigenvalue weighted by Crippen LogP contribution is 2.45. The van der Waals surface area contributed by atoms with Crippen LogP contribution >= 0.6 is 0 Å². The van der Waals surface area contributed by atoms with Gasteiger partial charge in [-0.25, -0.2) is 4.79 Å². The molecule has 2 aromatic rings. The highest BCUT2D eigenvalue weighted by atomic mass is 16.6. The van der Waals surface area contributed by atoms with Gasteiger partial charge < -0.3 is 24.1 Å². The Balaban J connectivity index is 1.44. The number of carbonyl (C=O) groups excluding carboxylic acids is 1. The first-order chi connectivity index (χ1) is 15.6. The standard InChI is InChI=1S/C25H35N3O5/c1-5-14-31-18-15-20-19(26-16-18)6-7-21(29)28(20)13-12-25-10-8-24(9-11-25,17-32-25)27-22(30)33-23(2,3)4/h6-7,15-16H,5,8-14,17H2,1-4H3,(H,27,30). The second-order valence-corrected chi connectivity index (χ2v) is 10.4. The molecule has 0 unspecified atom stereocenters. The Morgan fingerprint density at radius 1 is 1.24 bits per heavy atom. The molecule has 8 nitrogen and oxygen atoms in total. The van der Waals surface area contributed by atoms with Crippen molar-refractivity contribution in [3.8, 4) is 5.75 Å². The van der Waals surface area contributed by atoms with E-state index in [9.17, 15) is 9.59 Å². The lowest BCUT2D eigenvalue weighted by atomic mass is 9.70. The second-order valence-electron chi connectivity index (χ2n) is 10.4. The maximum Gasteiger partial charge on any atom is 0.408 e. The van der Waals surface area contributed by atoms with Crippen molar-refractivity contribution in [2.45, 2.75) is 89.5 Å². The van der Waals surface area contributed by atoms with E-state index >= 15 is 0 Å². The molecule has 4 heterocycles. The molecule has 0 spiro atoms. The summed E-state index contributed by atoms with van der Waals surface area (Å²) in [7, 11) is 0. The van der Waals surface area contributed by atoms with E-state index in [1.807, 2.05) is 26.8 Å². The van der Waals surface area contributed by atoms with Crippen LogP contribution in [0.15, 0.2) is 29.2 Å². The van der Waals surface area contributed by atoms with Gasteiger partial charge in [0.15, 0.2) is 0 Å². The normalized spacial score (nSPS) is 24.6. The molecule has 0 aromatic carbocycles. The van der Waals surface area contributed by atoms with Crippen LogP contribution in [0.1, 0.15) is 66.2 Å². The number of fused-ring (bicyclic) bond motifs is 4. The van der Waals surface area contributed by atoms with Gasteiger partial charge in [0.25, 0.3) is 5.56 Å². The van der Waals surface area contributed by atoms with Crippen molar-refractivity contribution in [3.05, 3.63) is 34.7 Å². The van der Waals surface area contributed by atoms with Crippen LogP contribution in [0.2, 0.25) is 0 Å². The van der Waals surface area contributed by atoms with Crippen molar-refractivity contribution >= 4 is 17.1 Å². The van der Waals surface area contributed by atoms with Gasteiger partial charge in [-0.05, 0) is 65.4 Å². The fraction of sp³-hybridized carbons (Fsp3) is 0.640. The zero-order valence-electron chi connectivity index (χ0n) is 20.1. The zero-order valence-corrected chi connectivity index (χ0v) is 20.1. The van der Waals surface area contributed by atoms with Gasteiger partial charge in [0.2, 0.25) is 0 Å². The molecular weight excluding hydrogens is 422 g/mol. The lowest BCUT2D eigenvalue weighted by Crippen LogP contribution is -2.63. The highest BCUT2D eigenvalue weighted by Gasteiger charge is 2.50. The van der Waals surface area contributed by atoms with Crippen LogP contribution in [0.25, 0.3) is 11.0 Å². The van der Waals surface area contributed by atoms with Gasteiger partial charge in [-0.2, -0.15) is 0 Å². The number of rotatable bonds is 7. The first-order valence-electron chi connectivity index (χ1n) is 11.9. The molecule has 1 saturated carbocycles. The molecule has 3 fully saturated rings. The number of nitrogens with one attached hydrogen (secondary N) is 1. The number of amides is 1. The Morgan fingerprint density at radius 3 is 2.64 bits per heavy atom. The number of carbonyl (C=O) groups is 1. The Bertz CT molecular complexity index is 1050. The fourth-order valence-electron chi connectivity index (χ4n) is 4.76. The third-order valence-electron chi connectivity index (χ3n) is 6.62. The van der Waals surface area contributed by atoms with Crippen LogP contribution in [-0.2, 0) is 16.0 Å². The molecule has 8 heteroatoms. The summed E-state index contributed by atoms with van der Waals surface area (Å²) in [4.78, 5) is 29.5. The number of alkyl carbamates (subject to hydrolysis) is 1. The molecule has 3 aliphatic rings. The summed E-state index contributed by atoms with van der Waals surface area (Å²) >= 11 is 0. The van der Waals surface area contributed by atoms with Crippen molar-refractivity contribution in [1.29, 1.82) is 0 Å². The topological polar surface area (TPSA) is 91.7 Å². The minimum atomic E-state index is -0.531. The summed E-state index contributed by atoms with van der Waals surface area (Å²) < 4.78 is 19.3. The Kier molecular flexibility index (Phi) is 6.40. The van der Waals surface area contributed by atoms with Crippen LogP contribution in [0.3, 0.4) is 0 Å². The van der Waals surface area contributed by atoms with Crippen molar-refractivity contribution in [2.24, 2.45) is 0 Å². The smallest absolute Gasteiger partial charge is 0.408 e. The molecule has 5 rings (SSSR count). The summed E-state index contributed by atoms with van der Waals surface area (Å²) in [6.07, 6.45) is 6.31. The maximum atomic E-state index is 12.7. The van der Waals surface area contributed by atoms with Crippen LogP contribution in [0, 0.1) is 0 Å². The number of hydrogen-bond acceptors (Lipinski definition) is 6. The minimum absolute atomic E-state index is 0.0547. The lowest BCUT2D eigenvalue weighted by Gasteiger charge is -2.53. The van der Waals surface area contributed by atoms with Crippen molar-refractivity contribution in [2.75, 3.05) is 13.2 Å². The van der Waals surface area contributed by atoms with E-state index in [1.54, 1.807) is 22.9 Å². The Hall–Kier alpha value is -2.61. The molecule has 2 saturated heterocycles. The van der Waals surface area contributed by atoms with E-state index in [0.29, 0.717) is 25.5 Å². The summed E-state index contributed by atoms with van der Waals surface area (Å²) in [6, 6.07) is 5.22. The first kappa shape index (κ1) is 23.5. The molecule has 1 amide bonds. The third-order valence-corrected chi connectivity index (χ3v) is 6.62. The van der Waals surface area contributed by atoms with Gasteiger partial charge in [-0.3, -0.25) is 9.78 Å². The third kappa shape index (κ3) is 5.32. The number of aromatic nitrogens is 2. The molecule has 2 bridgehead atoms. The van der Waals surface area contributed by atoms with E-state index in [4.69, 9.17) is 14.2 Å². The van der Waals surface area contributed by atoms with Gasteiger partial charge in [0.05, 0.1) is 41.6 Å². The fourth-order valence-corrected chi connectivity index (χ4v) is 4.76. The molecule has 0 radical (unpaired) electrons. The maximum absolute atomic E-state index is 12.7. The van der Waals surface area contributed by atoms with Crippen LogP contribution < -0.4 is 15.6 Å². The van der Waals surface area contributed by atoms with Crippen LogP contribution in [0.4, 0.5) is 4.79 Å². The molecule has 1 N–H and O–H groups in total. The summed E-state index contributed by atoms with van der Waals surface area (Å²) in [5.74, 6) is 0.673. The molecule has 2 aliphatic heterocycles. The second kappa shape index (κ2) is 8.97. The highest BCUT2D eigenvalue weighted by molar-refractivity contribution is 5.75. The number of hydrogen-bond donors (Lipinski definition) is 1. The van der Waals surface area contributed by atoms with Gasteiger partial charge >= 0.3 is 6.09 Å². The monoisotopic (exact) mass is 457 g/mol. The predicted octanol–water partition coefficient (Wildman–Crippen LogP) is 4.18. The van der Waals surface area contributed by atoms with Crippen LogP contribution in [-0.4, -0.2) is 45.6 Å². The lowest BCUT2D eigenvalue weighted by molar-refractivity contribution is -0.165. The van der Waals surface area contributed by atoms with Crippen molar-refractivity contribution < 1.29 is 19.0 Å². The molecular formula is C25H35N3O5. The first-order valence-corrected chi connectivity index (χ1v) is 11.9. The summed E-state index contributed by atoms with van der Waals surface area (Å²) in [5.41, 5.74) is 0.320. The molecule has 180 valence electrons. The zero-order chi connectivity index (χ0) is 23.7. The molecule has 33 heavy (non-hydrogen) atoms. The molecule has 0 atom stereocenters. The quantitative estimate of drug-likeness (QED) is 0.671. The van der Waals surface area contributed by atoms with Crippen molar-refractivity contribution in [3.63, 3.8) is 0 Å². The van der Waals surface area contributed by atoms with E-state index in [0.717, 1.165) is 49.6 Å². The van der Waals surface area contributed by atoms with Gasteiger partial charge in [0.1, 0.15) is 11.4 Å². The Morgan fingerprint density at radius 2 is 2.00 bits per heavy atom.